The lowest BCUT2D eigenvalue weighted by molar-refractivity contribution is -0.0925. The lowest BCUT2D eigenvalue weighted by atomic mass is 10.1. The third-order valence-corrected chi connectivity index (χ3v) is 5.32. The van der Waals surface area contributed by atoms with Crippen molar-refractivity contribution in [2.45, 2.75) is 13.1 Å². The number of esters is 1. The summed E-state index contributed by atoms with van der Waals surface area (Å²) in [6.07, 6.45) is -4.06. The van der Waals surface area contributed by atoms with Crippen molar-refractivity contribution in [2.24, 2.45) is 15.8 Å². The van der Waals surface area contributed by atoms with E-state index in [9.17, 15) is 18.0 Å². The van der Waals surface area contributed by atoms with Crippen molar-refractivity contribution in [3.63, 3.8) is 0 Å². The first kappa shape index (κ1) is 28.1. The molecule has 196 valence electrons. The molecule has 0 heterocycles. The number of hydrogen-bond acceptors (Lipinski definition) is 7. The number of rotatable bonds is 9. The third kappa shape index (κ3) is 8.04. The molecule has 0 aliphatic carbocycles. The van der Waals surface area contributed by atoms with E-state index in [1.165, 1.54) is 31.2 Å². The molecule has 0 amide bonds. The van der Waals surface area contributed by atoms with Gasteiger partial charge in [0.1, 0.15) is 18.0 Å². The van der Waals surface area contributed by atoms with Crippen molar-refractivity contribution in [1.82, 2.24) is 0 Å². The Morgan fingerprint density at radius 3 is 2.24 bits per heavy atom. The van der Waals surface area contributed by atoms with Crippen molar-refractivity contribution < 1.29 is 22.7 Å². The van der Waals surface area contributed by atoms with Crippen LogP contribution in [0.25, 0.3) is 0 Å². The monoisotopic (exact) mass is 541 g/mol. The number of carbonyl (C=O) groups excluding carboxylic acids is 1. The number of para-hydroxylation sites is 2. The Labute approximate surface area is 222 Å². The van der Waals surface area contributed by atoms with Gasteiger partial charge in [-0.2, -0.15) is 18.3 Å². The van der Waals surface area contributed by atoms with Gasteiger partial charge in [0.25, 0.3) is 0 Å². The van der Waals surface area contributed by atoms with E-state index in [1.807, 2.05) is 18.2 Å². The minimum absolute atomic E-state index is 0.103. The summed E-state index contributed by atoms with van der Waals surface area (Å²) in [6, 6.07) is 21.0. The molecule has 0 unspecified atom stereocenters. The highest BCUT2D eigenvalue weighted by Crippen LogP contribution is 2.27. The zero-order valence-corrected chi connectivity index (χ0v) is 20.8. The minimum Gasteiger partial charge on any atom is -0.455 e. The summed E-state index contributed by atoms with van der Waals surface area (Å²) in [7, 11) is 0. The second-order valence-electron chi connectivity index (χ2n) is 7.86. The number of ether oxygens (including phenoxy) is 1. The average Bonchev–Trinajstić information content (AvgIpc) is 2.89. The minimum atomic E-state index is -4.76. The molecule has 0 aliphatic rings. The molecule has 0 aliphatic heterocycles. The van der Waals surface area contributed by atoms with Gasteiger partial charge in [-0.15, -0.1) is 0 Å². The normalized spacial score (nSPS) is 12.7. The van der Waals surface area contributed by atoms with Crippen LogP contribution < -0.4 is 11.2 Å². The van der Waals surface area contributed by atoms with Gasteiger partial charge in [-0.1, -0.05) is 54.1 Å². The largest absolute Gasteiger partial charge is 0.455 e. The number of nitrogens with two attached hydrogens (primary N) is 1. The van der Waals surface area contributed by atoms with Gasteiger partial charge >= 0.3 is 12.1 Å². The number of halogens is 4. The Kier molecular flexibility index (Phi) is 9.39. The number of nitrogens with zero attached hydrogens (tertiary/aromatic N) is 2. The highest BCUT2D eigenvalue weighted by molar-refractivity contribution is 6.41. The van der Waals surface area contributed by atoms with Crippen LogP contribution in [0, 0.1) is 5.41 Å². The van der Waals surface area contributed by atoms with Gasteiger partial charge < -0.3 is 15.9 Å². The number of aliphatic imine (C=N–C) groups is 1. The van der Waals surface area contributed by atoms with Crippen LogP contribution in [0.4, 0.5) is 24.5 Å². The number of nitrogens with one attached hydrogen (secondary N) is 2. The van der Waals surface area contributed by atoms with Crippen LogP contribution in [0.3, 0.4) is 0 Å². The van der Waals surface area contributed by atoms with Crippen LogP contribution in [-0.2, 0) is 4.74 Å². The topological polar surface area (TPSA) is 113 Å². The van der Waals surface area contributed by atoms with Crippen molar-refractivity contribution in [3.05, 3.63) is 107 Å². The highest BCUT2D eigenvalue weighted by atomic mass is 35.5. The van der Waals surface area contributed by atoms with Gasteiger partial charge in [-0.05, 0) is 49.4 Å². The molecule has 11 heteroatoms. The third-order valence-electron chi connectivity index (χ3n) is 5.00. The number of hydrazone groups is 1. The quantitative estimate of drug-likeness (QED) is 0.162. The van der Waals surface area contributed by atoms with Gasteiger partial charge in [0, 0.05) is 5.56 Å². The number of benzene rings is 3. The summed E-state index contributed by atoms with van der Waals surface area (Å²) in [5.74, 6) is -0.708. The Hall–Kier alpha value is -4.44. The summed E-state index contributed by atoms with van der Waals surface area (Å²) in [5.41, 5.74) is 8.23. The van der Waals surface area contributed by atoms with Crippen molar-refractivity contribution in [3.8, 4) is 0 Å². The molecular formula is C27H23ClF3N5O2. The predicted molar refractivity (Wildman–Crippen MR) is 144 cm³/mol. The summed E-state index contributed by atoms with van der Waals surface area (Å²) in [5, 5.41) is 12.2. The standard InChI is InChI=1S/C27H23ClF3N5O2/c1-17(32)24(36-35-20-7-3-2-4-8-20)16-38-26(37)19-13-11-18(12-14-19)23(15-25(33)27(29,30)31)34-22-10-6-5-9-21(22)28/h2-15,32,35H,16,33H2,1H3/b25-15?,32-17?,34-23?,36-24+. The van der Waals surface area contributed by atoms with E-state index in [1.54, 1.807) is 36.4 Å². The summed E-state index contributed by atoms with van der Waals surface area (Å²) in [4.78, 5) is 16.8. The van der Waals surface area contributed by atoms with Crippen LogP contribution in [0.5, 0.6) is 0 Å². The molecule has 0 radical (unpaired) electrons. The Balaban J connectivity index is 1.79. The van der Waals surface area contributed by atoms with Gasteiger partial charge in [0.2, 0.25) is 0 Å². The van der Waals surface area contributed by atoms with Crippen molar-refractivity contribution in [2.75, 3.05) is 12.0 Å². The Bertz CT molecular complexity index is 1390. The maximum Gasteiger partial charge on any atom is 0.430 e. The summed E-state index contributed by atoms with van der Waals surface area (Å²) < 4.78 is 44.6. The molecule has 0 bridgehead atoms. The van der Waals surface area contributed by atoms with Crippen LogP contribution in [0.1, 0.15) is 22.8 Å². The van der Waals surface area contributed by atoms with E-state index in [0.717, 1.165) is 0 Å². The highest BCUT2D eigenvalue weighted by Gasteiger charge is 2.31. The first-order valence-corrected chi connectivity index (χ1v) is 11.5. The average molecular weight is 542 g/mol. The van der Waals surface area contributed by atoms with Crippen LogP contribution in [0.2, 0.25) is 5.02 Å². The van der Waals surface area contributed by atoms with Gasteiger partial charge in [0.05, 0.1) is 33.4 Å². The molecular weight excluding hydrogens is 519 g/mol. The molecule has 0 saturated carbocycles. The second kappa shape index (κ2) is 12.7. The predicted octanol–water partition coefficient (Wildman–Crippen LogP) is 6.53. The van der Waals surface area contributed by atoms with E-state index in [2.05, 4.69) is 15.5 Å². The molecule has 3 aromatic carbocycles. The van der Waals surface area contributed by atoms with Gasteiger partial charge in [0.15, 0.2) is 0 Å². The maximum atomic E-state index is 13.1. The smallest absolute Gasteiger partial charge is 0.430 e. The summed E-state index contributed by atoms with van der Waals surface area (Å²) >= 11 is 6.12. The number of allylic oxidation sites excluding steroid dienone is 2. The molecule has 0 spiro atoms. The van der Waals surface area contributed by atoms with Crippen molar-refractivity contribution in [1.29, 1.82) is 5.41 Å². The molecule has 3 rings (SSSR count). The first-order chi connectivity index (χ1) is 18.0. The van der Waals surface area contributed by atoms with E-state index < -0.39 is 17.8 Å². The fourth-order valence-electron chi connectivity index (χ4n) is 2.94. The fraction of sp³-hybridized carbons (Fsp3) is 0.111. The number of anilines is 1. The molecule has 0 aromatic heterocycles. The molecule has 7 nitrogen and oxygen atoms in total. The van der Waals surface area contributed by atoms with Gasteiger partial charge in [-0.25, -0.2) is 9.79 Å². The van der Waals surface area contributed by atoms with E-state index in [-0.39, 0.29) is 45.6 Å². The summed E-state index contributed by atoms with van der Waals surface area (Å²) in [6.45, 7) is 1.24. The van der Waals surface area contributed by atoms with Crippen molar-refractivity contribution >= 4 is 46.1 Å². The van der Waals surface area contributed by atoms with Crippen LogP contribution in [0.15, 0.2) is 101 Å². The molecule has 3 aromatic rings. The SMILES string of the molecule is CC(=N)/C(COC(=O)c1ccc(C(C=C(N)C(F)(F)F)=Nc2ccccc2Cl)cc1)=N/Nc1ccccc1. The molecule has 0 saturated heterocycles. The lowest BCUT2D eigenvalue weighted by Gasteiger charge is -2.10. The second-order valence-corrected chi connectivity index (χ2v) is 8.27. The first-order valence-electron chi connectivity index (χ1n) is 11.1. The zero-order chi connectivity index (χ0) is 27.7. The molecule has 0 atom stereocenters. The number of hydrogen-bond donors (Lipinski definition) is 3. The van der Waals surface area contributed by atoms with Crippen LogP contribution in [-0.4, -0.2) is 35.9 Å². The lowest BCUT2D eigenvalue weighted by Crippen LogP contribution is -2.21. The molecule has 38 heavy (non-hydrogen) atoms. The maximum absolute atomic E-state index is 13.1. The molecule has 4 N–H and O–H groups in total. The Morgan fingerprint density at radius 1 is 1.03 bits per heavy atom. The van der Waals surface area contributed by atoms with Crippen LogP contribution >= 0.6 is 11.6 Å². The van der Waals surface area contributed by atoms with Gasteiger partial charge in [-0.3, -0.25) is 5.43 Å². The van der Waals surface area contributed by atoms with E-state index in [0.29, 0.717) is 11.8 Å². The number of alkyl halides is 3. The van der Waals surface area contributed by atoms with E-state index in [4.69, 9.17) is 27.5 Å². The fourth-order valence-corrected chi connectivity index (χ4v) is 3.12. The Morgan fingerprint density at radius 2 is 1.63 bits per heavy atom. The van der Waals surface area contributed by atoms with E-state index >= 15 is 0 Å². The number of carbonyl (C=O) groups is 1. The zero-order valence-electron chi connectivity index (χ0n) is 20.1. The molecule has 0 fully saturated rings.